The highest BCUT2D eigenvalue weighted by Crippen LogP contribution is 2.06. The van der Waals surface area contributed by atoms with Crippen molar-refractivity contribution in [3.63, 3.8) is 0 Å². The first-order chi connectivity index (χ1) is 4.79. The van der Waals surface area contributed by atoms with E-state index in [4.69, 9.17) is 5.73 Å². The van der Waals surface area contributed by atoms with E-state index in [1.54, 1.807) is 6.92 Å². The third-order valence-electron chi connectivity index (χ3n) is 1.41. The Kier molecular flexibility index (Phi) is 2.42. The molecular formula is C7H13N3. The molecule has 0 aromatic rings. The van der Waals surface area contributed by atoms with Gasteiger partial charge in [0.1, 0.15) is 5.84 Å². The summed E-state index contributed by atoms with van der Waals surface area (Å²) in [6.45, 7) is 2.71. The van der Waals surface area contributed by atoms with Gasteiger partial charge in [0.15, 0.2) is 0 Å². The van der Waals surface area contributed by atoms with E-state index in [1.165, 1.54) is 12.8 Å². The second-order valence-corrected chi connectivity index (χ2v) is 2.51. The van der Waals surface area contributed by atoms with E-state index in [1.807, 2.05) is 0 Å². The Morgan fingerprint density at radius 1 is 1.60 bits per heavy atom. The molecule has 0 saturated carbocycles. The fraction of sp³-hybridized carbons (Fsp3) is 0.714. The highest BCUT2D eigenvalue weighted by Gasteiger charge is 2.02. The first kappa shape index (κ1) is 7.25. The van der Waals surface area contributed by atoms with Crippen molar-refractivity contribution in [2.75, 3.05) is 6.54 Å². The third kappa shape index (κ3) is 2.17. The number of amidine groups is 2. The van der Waals surface area contributed by atoms with Gasteiger partial charge in [-0.15, -0.1) is 0 Å². The molecule has 0 unspecified atom stereocenters. The van der Waals surface area contributed by atoms with Gasteiger partial charge in [0.05, 0.1) is 5.84 Å². The highest BCUT2D eigenvalue weighted by molar-refractivity contribution is 5.95. The summed E-state index contributed by atoms with van der Waals surface area (Å²) in [7, 11) is 0. The fourth-order valence-corrected chi connectivity index (χ4v) is 0.977. The number of hydrogen-bond acceptors (Lipinski definition) is 2. The average molecular weight is 139 g/mol. The molecule has 0 aliphatic carbocycles. The first-order valence-corrected chi connectivity index (χ1v) is 3.63. The summed E-state index contributed by atoms with van der Waals surface area (Å²) < 4.78 is 0. The van der Waals surface area contributed by atoms with Gasteiger partial charge in [0, 0.05) is 13.0 Å². The standard InChI is InChI=1S/C7H13N3/c1-6(8)10-7-4-2-3-5-9-7/h2-5H2,1H3,(H2,8,9,10). The van der Waals surface area contributed by atoms with Crippen molar-refractivity contribution in [2.24, 2.45) is 15.7 Å². The minimum atomic E-state index is 0.612. The van der Waals surface area contributed by atoms with Gasteiger partial charge in [-0.2, -0.15) is 0 Å². The maximum atomic E-state index is 5.39. The van der Waals surface area contributed by atoms with Crippen molar-refractivity contribution in [1.82, 2.24) is 0 Å². The van der Waals surface area contributed by atoms with E-state index >= 15 is 0 Å². The van der Waals surface area contributed by atoms with E-state index in [2.05, 4.69) is 9.98 Å². The van der Waals surface area contributed by atoms with Crippen LogP contribution < -0.4 is 5.73 Å². The molecule has 10 heavy (non-hydrogen) atoms. The maximum absolute atomic E-state index is 5.39. The molecule has 2 N–H and O–H groups in total. The Morgan fingerprint density at radius 2 is 2.40 bits per heavy atom. The SMILES string of the molecule is CC(N)=NC1=NCCCC1. The van der Waals surface area contributed by atoms with E-state index < -0.39 is 0 Å². The quantitative estimate of drug-likeness (QED) is 0.394. The molecule has 1 heterocycles. The smallest absolute Gasteiger partial charge is 0.125 e. The molecule has 3 nitrogen and oxygen atoms in total. The maximum Gasteiger partial charge on any atom is 0.125 e. The number of nitrogens with zero attached hydrogens (tertiary/aromatic N) is 2. The molecular weight excluding hydrogens is 126 g/mol. The van der Waals surface area contributed by atoms with Crippen LogP contribution in [0.1, 0.15) is 26.2 Å². The van der Waals surface area contributed by atoms with Crippen LogP contribution in [0.5, 0.6) is 0 Å². The van der Waals surface area contributed by atoms with Gasteiger partial charge in [0.2, 0.25) is 0 Å². The van der Waals surface area contributed by atoms with Gasteiger partial charge in [-0.25, -0.2) is 4.99 Å². The van der Waals surface area contributed by atoms with Crippen LogP contribution in [0.2, 0.25) is 0 Å². The van der Waals surface area contributed by atoms with Crippen molar-refractivity contribution in [2.45, 2.75) is 26.2 Å². The van der Waals surface area contributed by atoms with Crippen molar-refractivity contribution in [3.05, 3.63) is 0 Å². The van der Waals surface area contributed by atoms with E-state index in [9.17, 15) is 0 Å². The van der Waals surface area contributed by atoms with Crippen LogP contribution in [0.4, 0.5) is 0 Å². The normalized spacial score (nSPS) is 20.5. The summed E-state index contributed by atoms with van der Waals surface area (Å²) >= 11 is 0. The third-order valence-corrected chi connectivity index (χ3v) is 1.41. The minimum absolute atomic E-state index is 0.612. The van der Waals surface area contributed by atoms with Crippen molar-refractivity contribution >= 4 is 11.7 Å². The van der Waals surface area contributed by atoms with Gasteiger partial charge in [-0.05, 0) is 19.8 Å². The zero-order valence-electron chi connectivity index (χ0n) is 6.30. The average Bonchev–Trinajstić information content (AvgIpc) is 1.88. The largest absolute Gasteiger partial charge is 0.387 e. The predicted octanol–water partition coefficient (Wildman–Crippen LogP) is 0.946. The van der Waals surface area contributed by atoms with Gasteiger partial charge in [-0.1, -0.05) is 0 Å². The lowest BCUT2D eigenvalue weighted by Gasteiger charge is -2.06. The van der Waals surface area contributed by atoms with Gasteiger partial charge in [0.25, 0.3) is 0 Å². The number of aliphatic imine (C=N–C) groups is 2. The molecule has 1 aliphatic heterocycles. The lowest BCUT2D eigenvalue weighted by molar-refractivity contribution is 0.733. The number of hydrogen-bond donors (Lipinski definition) is 1. The van der Waals surface area contributed by atoms with E-state index in [0.717, 1.165) is 18.8 Å². The molecule has 0 fully saturated rings. The summed E-state index contributed by atoms with van der Waals surface area (Å²) in [5, 5.41) is 0. The lowest BCUT2D eigenvalue weighted by atomic mass is 10.2. The molecule has 0 amide bonds. The molecule has 3 heteroatoms. The fourth-order valence-electron chi connectivity index (χ4n) is 0.977. The zero-order valence-corrected chi connectivity index (χ0v) is 6.30. The monoisotopic (exact) mass is 139 g/mol. The summed E-state index contributed by atoms with van der Waals surface area (Å²) in [5.41, 5.74) is 5.39. The Labute approximate surface area is 61.1 Å². The van der Waals surface area contributed by atoms with Crippen LogP contribution in [0.25, 0.3) is 0 Å². The molecule has 0 aromatic carbocycles. The van der Waals surface area contributed by atoms with Crippen LogP contribution in [0.15, 0.2) is 9.98 Å². The molecule has 0 aromatic heterocycles. The van der Waals surface area contributed by atoms with Crippen LogP contribution in [0, 0.1) is 0 Å². The Bertz CT molecular complexity index is 166. The van der Waals surface area contributed by atoms with Gasteiger partial charge in [-0.3, -0.25) is 4.99 Å². The second-order valence-electron chi connectivity index (χ2n) is 2.51. The molecule has 0 bridgehead atoms. The highest BCUT2D eigenvalue weighted by atomic mass is 15.0. The Balaban J connectivity index is 2.54. The number of nitrogens with two attached hydrogens (primary N) is 1. The Hall–Kier alpha value is -0.860. The van der Waals surface area contributed by atoms with Gasteiger partial charge >= 0.3 is 0 Å². The van der Waals surface area contributed by atoms with E-state index in [0.29, 0.717) is 5.84 Å². The molecule has 0 radical (unpaired) electrons. The molecule has 1 rings (SSSR count). The number of rotatable bonds is 0. The summed E-state index contributed by atoms with van der Waals surface area (Å²) in [5.74, 6) is 1.53. The van der Waals surface area contributed by atoms with Crippen LogP contribution >= 0.6 is 0 Å². The predicted molar refractivity (Wildman–Crippen MR) is 43.4 cm³/mol. The Morgan fingerprint density at radius 3 is 2.90 bits per heavy atom. The molecule has 0 saturated heterocycles. The summed E-state index contributed by atoms with van der Waals surface area (Å²) in [4.78, 5) is 8.30. The van der Waals surface area contributed by atoms with Crippen molar-refractivity contribution < 1.29 is 0 Å². The lowest BCUT2D eigenvalue weighted by Crippen LogP contribution is -2.11. The minimum Gasteiger partial charge on any atom is -0.387 e. The molecule has 1 aliphatic rings. The molecule has 56 valence electrons. The van der Waals surface area contributed by atoms with Crippen molar-refractivity contribution in [3.8, 4) is 0 Å². The van der Waals surface area contributed by atoms with Gasteiger partial charge < -0.3 is 5.73 Å². The summed E-state index contributed by atoms with van der Waals surface area (Å²) in [6.07, 6.45) is 3.40. The van der Waals surface area contributed by atoms with E-state index in [-0.39, 0.29) is 0 Å². The van der Waals surface area contributed by atoms with Crippen molar-refractivity contribution in [1.29, 1.82) is 0 Å². The molecule has 0 spiro atoms. The van der Waals surface area contributed by atoms with Crippen LogP contribution in [0.3, 0.4) is 0 Å². The molecule has 0 atom stereocenters. The van der Waals surface area contributed by atoms with Crippen LogP contribution in [-0.4, -0.2) is 18.2 Å². The first-order valence-electron chi connectivity index (χ1n) is 3.63. The zero-order chi connectivity index (χ0) is 7.40. The topological polar surface area (TPSA) is 50.7 Å². The summed E-state index contributed by atoms with van der Waals surface area (Å²) in [6, 6.07) is 0. The van der Waals surface area contributed by atoms with Crippen LogP contribution in [-0.2, 0) is 0 Å². The second kappa shape index (κ2) is 3.34.